The lowest BCUT2D eigenvalue weighted by atomic mass is 10.1. The van der Waals surface area contributed by atoms with Crippen LogP contribution in [0.25, 0.3) is 22.4 Å². The molecule has 0 saturated heterocycles. The van der Waals surface area contributed by atoms with Gasteiger partial charge in [0.1, 0.15) is 23.3 Å². The van der Waals surface area contributed by atoms with Crippen LogP contribution in [0.3, 0.4) is 0 Å². The lowest BCUT2D eigenvalue weighted by molar-refractivity contribution is 0.0468. The van der Waals surface area contributed by atoms with E-state index in [1.807, 2.05) is 0 Å². The lowest BCUT2D eigenvalue weighted by Gasteiger charge is -2.11. The van der Waals surface area contributed by atoms with Crippen LogP contribution in [0.4, 0.5) is 4.39 Å². The van der Waals surface area contributed by atoms with E-state index in [2.05, 4.69) is 15.0 Å². The fraction of sp³-hybridized carbons (Fsp3) is 0.0741. The van der Waals surface area contributed by atoms with Gasteiger partial charge >= 0.3 is 5.97 Å². The number of carbonyl (C=O) groups is 3. The zero-order valence-corrected chi connectivity index (χ0v) is 19.9. The van der Waals surface area contributed by atoms with E-state index in [1.165, 1.54) is 28.4 Å². The molecule has 3 heterocycles. The molecule has 0 spiro atoms. The smallest absolute Gasteiger partial charge is 0.338 e. The number of benzene rings is 3. The maximum atomic E-state index is 13.2. The Morgan fingerprint density at radius 1 is 0.973 bits per heavy atom. The number of imide groups is 1. The predicted molar refractivity (Wildman–Crippen MR) is 133 cm³/mol. The molecule has 2 amide bonds. The highest BCUT2D eigenvalue weighted by atomic mass is 32.1. The number of imidazole rings is 1. The van der Waals surface area contributed by atoms with Gasteiger partial charge in [0.2, 0.25) is 0 Å². The zero-order valence-electron chi connectivity index (χ0n) is 19.1. The van der Waals surface area contributed by atoms with Crippen LogP contribution in [0.5, 0.6) is 0 Å². The summed E-state index contributed by atoms with van der Waals surface area (Å²) < 4.78 is 18.6. The van der Waals surface area contributed by atoms with E-state index in [0.717, 1.165) is 5.56 Å². The van der Waals surface area contributed by atoms with E-state index in [9.17, 15) is 18.8 Å². The average molecular weight is 513 g/mol. The molecule has 5 aromatic rings. The van der Waals surface area contributed by atoms with Crippen LogP contribution < -0.4 is 0 Å². The minimum atomic E-state index is -0.533. The third-order valence-electron chi connectivity index (χ3n) is 5.96. The molecular weight excluding hydrogens is 495 g/mol. The van der Waals surface area contributed by atoms with Crippen LogP contribution in [0, 0.1) is 5.82 Å². The minimum absolute atomic E-state index is 0.0534. The Kier molecular flexibility index (Phi) is 5.57. The molecule has 0 unspecified atom stereocenters. The molecule has 37 heavy (non-hydrogen) atoms. The molecule has 0 fully saturated rings. The van der Waals surface area contributed by atoms with Gasteiger partial charge in [0.25, 0.3) is 11.8 Å². The molecule has 3 aromatic carbocycles. The molecule has 0 saturated carbocycles. The SMILES string of the molecule is O=C(OCc1csc(CN2C(=O)c3ccccc3C2=O)n1)c1ccc2nc(-c3ccc(F)cc3)[nH]c2c1. The summed E-state index contributed by atoms with van der Waals surface area (Å²) in [5, 5.41) is 2.29. The summed E-state index contributed by atoms with van der Waals surface area (Å²) in [5.41, 5.74) is 3.66. The molecule has 0 atom stereocenters. The number of fused-ring (bicyclic) bond motifs is 2. The average Bonchev–Trinajstić information content (AvgIpc) is 3.61. The number of rotatable bonds is 6. The van der Waals surface area contributed by atoms with Crippen molar-refractivity contribution < 1.29 is 23.5 Å². The first-order valence-electron chi connectivity index (χ1n) is 11.3. The fourth-order valence-corrected chi connectivity index (χ4v) is 4.88. The molecule has 0 bridgehead atoms. The van der Waals surface area contributed by atoms with E-state index in [1.54, 1.807) is 60.0 Å². The summed E-state index contributed by atoms with van der Waals surface area (Å²) in [6, 6.07) is 17.6. The van der Waals surface area contributed by atoms with E-state index in [-0.39, 0.29) is 30.8 Å². The molecule has 10 heteroatoms. The number of carbonyl (C=O) groups excluding carboxylic acids is 3. The van der Waals surface area contributed by atoms with E-state index in [4.69, 9.17) is 4.74 Å². The van der Waals surface area contributed by atoms with Gasteiger partial charge in [0, 0.05) is 10.9 Å². The number of halogens is 1. The number of esters is 1. The highest BCUT2D eigenvalue weighted by Gasteiger charge is 2.35. The number of ether oxygens (including phenoxy) is 1. The van der Waals surface area contributed by atoms with Crippen LogP contribution in [0.1, 0.15) is 41.8 Å². The zero-order chi connectivity index (χ0) is 25.5. The lowest BCUT2D eigenvalue weighted by Crippen LogP contribution is -2.29. The van der Waals surface area contributed by atoms with Gasteiger partial charge in [-0.3, -0.25) is 14.5 Å². The first-order valence-corrected chi connectivity index (χ1v) is 12.2. The highest BCUT2D eigenvalue weighted by molar-refractivity contribution is 7.09. The fourth-order valence-electron chi connectivity index (χ4n) is 4.11. The number of nitrogens with zero attached hydrogens (tertiary/aromatic N) is 3. The summed E-state index contributed by atoms with van der Waals surface area (Å²) in [5.74, 6) is -0.995. The minimum Gasteiger partial charge on any atom is -0.456 e. The largest absolute Gasteiger partial charge is 0.456 e. The van der Waals surface area contributed by atoms with E-state index >= 15 is 0 Å². The van der Waals surface area contributed by atoms with Crippen LogP contribution >= 0.6 is 11.3 Å². The maximum absolute atomic E-state index is 13.2. The Hall–Kier alpha value is -4.70. The maximum Gasteiger partial charge on any atom is 0.338 e. The van der Waals surface area contributed by atoms with Gasteiger partial charge in [-0.2, -0.15) is 0 Å². The van der Waals surface area contributed by atoms with Gasteiger partial charge in [-0.1, -0.05) is 12.1 Å². The van der Waals surface area contributed by atoms with E-state index < -0.39 is 5.97 Å². The molecule has 0 aliphatic carbocycles. The number of amides is 2. The molecule has 1 aliphatic rings. The second-order valence-corrected chi connectivity index (χ2v) is 9.32. The predicted octanol–water partition coefficient (Wildman–Crippen LogP) is 4.98. The molecule has 1 N–H and O–H groups in total. The van der Waals surface area contributed by atoms with Gasteiger partial charge in [0.05, 0.1) is 40.0 Å². The summed E-state index contributed by atoms with van der Waals surface area (Å²) in [6.07, 6.45) is 0. The van der Waals surface area contributed by atoms with Gasteiger partial charge in [-0.25, -0.2) is 19.2 Å². The number of H-pyrrole nitrogens is 1. The Bertz CT molecular complexity index is 1660. The number of hydrogen-bond acceptors (Lipinski definition) is 7. The molecule has 8 nitrogen and oxygen atoms in total. The van der Waals surface area contributed by atoms with Gasteiger partial charge < -0.3 is 9.72 Å². The Morgan fingerprint density at radius 2 is 1.70 bits per heavy atom. The Labute approximate surface area is 213 Å². The third-order valence-corrected chi connectivity index (χ3v) is 6.84. The molecule has 6 rings (SSSR count). The number of nitrogens with one attached hydrogen (secondary N) is 1. The molecule has 182 valence electrons. The third kappa shape index (κ3) is 4.27. The van der Waals surface area contributed by atoms with Crippen molar-refractivity contribution in [3.63, 3.8) is 0 Å². The number of aromatic amines is 1. The van der Waals surface area contributed by atoms with Crippen molar-refractivity contribution in [1.29, 1.82) is 0 Å². The van der Waals surface area contributed by atoms with Crippen molar-refractivity contribution in [3.05, 3.63) is 105 Å². The van der Waals surface area contributed by atoms with Crippen LogP contribution in [-0.2, 0) is 17.9 Å². The Morgan fingerprint density at radius 3 is 2.43 bits per heavy atom. The summed E-state index contributed by atoms with van der Waals surface area (Å²) in [4.78, 5) is 51.0. The van der Waals surface area contributed by atoms with Crippen LogP contribution in [0.2, 0.25) is 0 Å². The van der Waals surface area contributed by atoms with Gasteiger partial charge in [0.15, 0.2) is 0 Å². The van der Waals surface area contributed by atoms with Crippen molar-refractivity contribution in [2.24, 2.45) is 0 Å². The second kappa shape index (κ2) is 9.07. The first kappa shape index (κ1) is 22.7. The van der Waals surface area contributed by atoms with Crippen molar-refractivity contribution in [1.82, 2.24) is 19.9 Å². The molecule has 0 radical (unpaired) electrons. The normalized spacial score (nSPS) is 12.8. The first-order chi connectivity index (χ1) is 18.0. The van der Waals surface area contributed by atoms with Crippen LogP contribution in [-0.4, -0.2) is 37.6 Å². The quantitative estimate of drug-likeness (QED) is 0.254. The topological polar surface area (TPSA) is 105 Å². The summed E-state index contributed by atoms with van der Waals surface area (Å²) in [7, 11) is 0. The number of aromatic nitrogens is 3. The molecular formula is C27H17FN4O4S. The highest BCUT2D eigenvalue weighted by Crippen LogP contribution is 2.26. The summed E-state index contributed by atoms with van der Waals surface area (Å²) in [6.45, 7) is -0.00284. The summed E-state index contributed by atoms with van der Waals surface area (Å²) >= 11 is 1.28. The molecule has 2 aromatic heterocycles. The number of hydrogen-bond donors (Lipinski definition) is 1. The molecule has 1 aliphatic heterocycles. The van der Waals surface area contributed by atoms with Crippen molar-refractivity contribution in [2.45, 2.75) is 13.2 Å². The van der Waals surface area contributed by atoms with Crippen molar-refractivity contribution in [3.8, 4) is 11.4 Å². The van der Waals surface area contributed by atoms with Gasteiger partial charge in [-0.15, -0.1) is 11.3 Å². The van der Waals surface area contributed by atoms with Crippen LogP contribution in [0.15, 0.2) is 72.1 Å². The van der Waals surface area contributed by atoms with Crippen molar-refractivity contribution >= 4 is 40.2 Å². The van der Waals surface area contributed by atoms with Crippen molar-refractivity contribution in [2.75, 3.05) is 0 Å². The number of thiazole rings is 1. The van der Waals surface area contributed by atoms with Gasteiger partial charge in [-0.05, 0) is 54.6 Å². The monoisotopic (exact) mass is 512 g/mol. The second-order valence-electron chi connectivity index (χ2n) is 8.37. The Balaban J connectivity index is 1.11. The van der Waals surface area contributed by atoms with E-state index in [0.29, 0.717) is 44.2 Å². The standard InChI is InChI=1S/C27H17FN4O4S/c28-17-8-5-15(6-9-17)24-30-21-10-7-16(11-22(21)31-24)27(35)36-13-18-14-37-23(29-18)12-32-25(33)19-3-1-2-4-20(19)26(32)34/h1-11,14H,12-13H2,(H,30,31).